The number of halogens is 1. The summed E-state index contributed by atoms with van der Waals surface area (Å²) in [7, 11) is 0. The number of rotatable bonds is 4. The van der Waals surface area contributed by atoms with Gasteiger partial charge in [0.25, 0.3) is 0 Å². The largest absolute Gasteiger partial charge is 0.328 e. The van der Waals surface area contributed by atoms with E-state index >= 15 is 0 Å². The van der Waals surface area contributed by atoms with Gasteiger partial charge < -0.3 is 10.4 Å². The van der Waals surface area contributed by atoms with Gasteiger partial charge in [-0.1, -0.05) is 66.2 Å². The summed E-state index contributed by atoms with van der Waals surface area (Å²) in [5, 5.41) is 2.89. The molecule has 0 radical (unpaired) electrons. The monoisotopic (exact) mass is 425 g/mol. The van der Waals surface area contributed by atoms with E-state index in [1.54, 1.807) is 12.3 Å². The number of para-hydroxylation sites is 1. The normalized spacial score (nSPS) is 15.1. The Hall–Kier alpha value is -3.76. The molecule has 31 heavy (non-hydrogen) atoms. The molecule has 1 atom stereocenters. The van der Waals surface area contributed by atoms with Crippen molar-refractivity contribution in [2.24, 2.45) is 0 Å². The summed E-state index contributed by atoms with van der Waals surface area (Å²) in [6.45, 7) is 0. The number of anilines is 1. The van der Waals surface area contributed by atoms with Gasteiger partial charge in [-0.2, -0.15) is 0 Å². The highest BCUT2D eigenvalue weighted by Crippen LogP contribution is 2.37. The molecule has 0 saturated carbocycles. The second-order valence-electron chi connectivity index (χ2n) is 7.39. The minimum atomic E-state index is -0.101. The SMILES string of the molecule is O=c1ccc(-c2ccc(-c3ccccc3N3NC=CC3c3ccc(Cl)cc3)cc2)c[nH]1. The molecule has 4 aromatic rings. The van der Waals surface area contributed by atoms with Crippen LogP contribution in [0.4, 0.5) is 5.69 Å². The summed E-state index contributed by atoms with van der Waals surface area (Å²) in [4.78, 5) is 14.1. The Balaban J connectivity index is 1.48. The van der Waals surface area contributed by atoms with E-state index in [0.29, 0.717) is 0 Å². The van der Waals surface area contributed by atoms with Gasteiger partial charge in [0, 0.05) is 29.0 Å². The average molecular weight is 426 g/mol. The molecule has 0 spiro atoms. The molecule has 1 aliphatic rings. The van der Waals surface area contributed by atoms with Gasteiger partial charge in [0.1, 0.15) is 0 Å². The number of aromatic nitrogens is 1. The summed E-state index contributed by atoms with van der Waals surface area (Å²) < 4.78 is 0. The number of aromatic amines is 1. The molecule has 5 heteroatoms. The van der Waals surface area contributed by atoms with E-state index in [-0.39, 0.29) is 11.6 Å². The van der Waals surface area contributed by atoms with E-state index in [1.807, 2.05) is 30.5 Å². The van der Waals surface area contributed by atoms with Gasteiger partial charge in [-0.05, 0) is 52.6 Å². The highest BCUT2D eigenvalue weighted by atomic mass is 35.5. The quantitative estimate of drug-likeness (QED) is 0.425. The number of hydrogen-bond acceptors (Lipinski definition) is 3. The number of pyridine rings is 1. The van der Waals surface area contributed by atoms with E-state index in [9.17, 15) is 4.79 Å². The van der Waals surface area contributed by atoms with Gasteiger partial charge >= 0.3 is 0 Å². The Morgan fingerprint density at radius 2 is 1.48 bits per heavy atom. The van der Waals surface area contributed by atoms with E-state index < -0.39 is 0 Å². The van der Waals surface area contributed by atoms with E-state index in [2.05, 4.69) is 76.1 Å². The fraction of sp³-hybridized carbons (Fsp3) is 0.0385. The number of nitrogens with one attached hydrogen (secondary N) is 2. The van der Waals surface area contributed by atoms with Crippen LogP contribution >= 0.6 is 11.6 Å². The predicted molar refractivity (Wildman–Crippen MR) is 127 cm³/mol. The number of benzene rings is 3. The molecule has 0 fully saturated rings. The maximum absolute atomic E-state index is 11.3. The Labute approximate surface area is 185 Å². The number of H-pyrrole nitrogens is 1. The Bertz CT molecular complexity index is 1270. The molecule has 0 aliphatic carbocycles. The first-order valence-corrected chi connectivity index (χ1v) is 10.4. The van der Waals surface area contributed by atoms with Crippen molar-refractivity contribution in [3.05, 3.63) is 124 Å². The molecule has 4 nitrogen and oxygen atoms in total. The van der Waals surface area contributed by atoms with Crippen LogP contribution in [-0.2, 0) is 0 Å². The van der Waals surface area contributed by atoms with Crippen molar-refractivity contribution in [1.82, 2.24) is 10.4 Å². The molecule has 2 heterocycles. The number of nitrogens with zero attached hydrogens (tertiary/aromatic N) is 1. The van der Waals surface area contributed by atoms with E-state index in [0.717, 1.165) is 38.5 Å². The fourth-order valence-electron chi connectivity index (χ4n) is 3.88. The maximum Gasteiger partial charge on any atom is 0.247 e. The molecule has 1 aliphatic heterocycles. The summed E-state index contributed by atoms with van der Waals surface area (Å²) in [6.07, 6.45) is 5.84. The minimum Gasteiger partial charge on any atom is -0.328 e. The van der Waals surface area contributed by atoms with Crippen molar-refractivity contribution in [1.29, 1.82) is 0 Å². The summed E-state index contributed by atoms with van der Waals surface area (Å²) in [5.74, 6) is 0. The molecular weight excluding hydrogens is 406 g/mol. The molecule has 0 saturated heterocycles. The lowest BCUT2D eigenvalue weighted by molar-refractivity contribution is 0.719. The molecule has 3 aromatic carbocycles. The topological polar surface area (TPSA) is 48.1 Å². The lowest BCUT2D eigenvalue weighted by Gasteiger charge is -2.29. The van der Waals surface area contributed by atoms with Crippen molar-refractivity contribution in [3.8, 4) is 22.3 Å². The average Bonchev–Trinajstić information content (AvgIpc) is 3.30. The predicted octanol–water partition coefficient (Wildman–Crippen LogP) is 5.94. The highest BCUT2D eigenvalue weighted by Gasteiger charge is 2.24. The van der Waals surface area contributed by atoms with Gasteiger partial charge in [-0.3, -0.25) is 9.80 Å². The Morgan fingerprint density at radius 1 is 0.774 bits per heavy atom. The first kappa shape index (κ1) is 19.2. The van der Waals surface area contributed by atoms with Crippen LogP contribution in [0.3, 0.4) is 0 Å². The Kier molecular flexibility index (Phi) is 5.06. The summed E-state index contributed by atoms with van der Waals surface area (Å²) in [6, 6.07) is 28.1. The third-order valence-electron chi connectivity index (χ3n) is 5.46. The smallest absolute Gasteiger partial charge is 0.247 e. The van der Waals surface area contributed by atoms with Gasteiger partial charge in [0.05, 0.1) is 11.7 Å². The van der Waals surface area contributed by atoms with E-state index in [4.69, 9.17) is 11.6 Å². The molecule has 152 valence electrons. The lowest BCUT2D eigenvalue weighted by atomic mass is 9.99. The van der Waals surface area contributed by atoms with Crippen molar-refractivity contribution in [2.75, 3.05) is 5.01 Å². The fourth-order valence-corrected chi connectivity index (χ4v) is 4.01. The van der Waals surface area contributed by atoms with Crippen molar-refractivity contribution in [3.63, 3.8) is 0 Å². The van der Waals surface area contributed by atoms with Crippen molar-refractivity contribution < 1.29 is 0 Å². The second kappa shape index (κ2) is 8.17. The first-order chi connectivity index (χ1) is 15.2. The minimum absolute atomic E-state index is 0.0684. The number of hydrazine groups is 1. The zero-order valence-corrected chi connectivity index (χ0v) is 17.4. The molecule has 2 N–H and O–H groups in total. The standard InChI is InChI=1S/C26H20ClN3O/c27-22-12-9-20(10-13-22)24-15-16-29-30(24)25-4-2-1-3-23(25)19-7-5-18(6-8-19)21-11-14-26(31)28-17-21/h1-17,24,29H,(H,28,31). The molecule has 0 bridgehead atoms. The van der Waals surface area contributed by atoms with Crippen LogP contribution in [0.1, 0.15) is 11.6 Å². The van der Waals surface area contributed by atoms with Crippen LogP contribution < -0.4 is 16.0 Å². The molecule has 5 rings (SSSR count). The summed E-state index contributed by atoms with van der Waals surface area (Å²) >= 11 is 6.08. The van der Waals surface area contributed by atoms with Gasteiger partial charge in [0.2, 0.25) is 5.56 Å². The lowest BCUT2D eigenvalue weighted by Crippen LogP contribution is -2.32. The van der Waals surface area contributed by atoms with Gasteiger partial charge in [-0.15, -0.1) is 0 Å². The third kappa shape index (κ3) is 3.86. The molecular formula is C26H20ClN3O. The van der Waals surface area contributed by atoms with Crippen molar-refractivity contribution >= 4 is 17.3 Å². The second-order valence-corrected chi connectivity index (χ2v) is 7.83. The van der Waals surface area contributed by atoms with Crippen LogP contribution in [0.2, 0.25) is 5.02 Å². The third-order valence-corrected chi connectivity index (χ3v) is 5.71. The highest BCUT2D eigenvalue weighted by molar-refractivity contribution is 6.30. The van der Waals surface area contributed by atoms with Crippen molar-refractivity contribution in [2.45, 2.75) is 6.04 Å². The summed E-state index contributed by atoms with van der Waals surface area (Å²) in [5.41, 5.74) is 9.80. The van der Waals surface area contributed by atoms with Crippen LogP contribution in [0.25, 0.3) is 22.3 Å². The zero-order valence-electron chi connectivity index (χ0n) is 16.6. The first-order valence-electron chi connectivity index (χ1n) is 10.1. The van der Waals surface area contributed by atoms with Crippen LogP contribution in [0.5, 0.6) is 0 Å². The van der Waals surface area contributed by atoms with Gasteiger partial charge in [-0.25, -0.2) is 0 Å². The molecule has 1 aromatic heterocycles. The number of hydrogen-bond donors (Lipinski definition) is 2. The Morgan fingerprint density at radius 3 is 2.23 bits per heavy atom. The molecule has 0 amide bonds. The van der Waals surface area contributed by atoms with Crippen LogP contribution in [-0.4, -0.2) is 4.98 Å². The zero-order chi connectivity index (χ0) is 21.2. The van der Waals surface area contributed by atoms with Crippen LogP contribution in [0, 0.1) is 0 Å². The maximum atomic E-state index is 11.3. The van der Waals surface area contributed by atoms with E-state index in [1.165, 1.54) is 0 Å². The van der Waals surface area contributed by atoms with Crippen LogP contribution in [0.15, 0.2) is 108 Å². The molecule has 1 unspecified atom stereocenters. The van der Waals surface area contributed by atoms with Gasteiger partial charge in [0.15, 0.2) is 0 Å².